The van der Waals surface area contributed by atoms with Crippen molar-refractivity contribution in [2.24, 2.45) is 0 Å². The van der Waals surface area contributed by atoms with Crippen LogP contribution >= 0.6 is 11.3 Å². The molecule has 44 heavy (non-hydrogen) atoms. The maximum absolute atomic E-state index is 13.3. The summed E-state index contributed by atoms with van der Waals surface area (Å²) in [5.74, 6) is -0.107. The number of esters is 1. The minimum atomic E-state index is -0.394. The smallest absolute Gasteiger partial charge is 0.337 e. The Hall–Kier alpha value is -4.30. The molecule has 6 rings (SSSR count). The Kier molecular flexibility index (Phi) is 8.62. The van der Waals surface area contributed by atoms with Crippen molar-refractivity contribution in [1.29, 1.82) is 0 Å². The second-order valence-electron chi connectivity index (χ2n) is 11.6. The second-order valence-corrected chi connectivity index (χ2v) is 12.8. The first-order valence-electron chi connectivity index (χ1n) is 15.4. The third-order valence-electron chi connectivity index (χ3n) is 8.61. The average Bonchev–Trinajstić information content (AvgIpc) is 3.55. The number of nitrogens with zero attached hydrogens (tertiary/aromatic N) is 3. The van der Waals surface area contributed by atoms with Crippen LogP contribution in [0.25, 0.3) is 43.6 Å². The van der Waals surface area contributed by atoms with Gasteiger partial charge in [-0.25, -0.2) is 14.8 Å². The first kappa shape index (κ1) is 29.8. The summed E-state index contributed by atoms with van der Waals surface area (Å²) >= 11 is 1.66. The molecule has 0 aliphatic heterocycles. The topological polar surface area (TPSA) is 86.1 Å². The lowest BCUT2D eigenvalue weighted by Gasteiger charge is -2.24. The molecule has 0 radical (unpaired) electrons. The lowest BCUT2D eigenvalue weighted by molar-refractivity contribution is -0.121. The van der Waals surface area contributed by atoms with Gasteiger partial charge in [0.25, 0.3) is 0 Å². The molecule has 1 saturated carbocycles. The van der Waals surface area contributed by atoms with Gasteiger partial charge in [0, 0.05) is 17.3 Å². The summed E-state index contributed by atoms with van der Waals surface area (Å²) in [7, 11) is 1.39. The van der Waals surface area contributed by atoms with Gasteiger partial charge in [-0.05, 0) is 80.5 Å². The molecule has 5 aromatic rings. The molecule has 8 heteroatoms. The number of amides is 1. The van der Waals surface area contributed by atoms with Gasteiger partial charge in [0.05, 0.1) is 50.7 Å². The number of methoxy groups -OCH3 is 1. The summed E-state index contributed by atoms with van der Waals surface area (Å²) in [5, 5.41) is 6.18. The number of fused-ring (bicyclic) bond motifs is 2. The molecule has 7 nitrogen and oxygen atoms in total. The lowest BCUT2D eigenvalue weighted by Crippen LogP contribution is -2.28. The zero-order valence-corrected chi connectivity index (χ0v) is 26.4. The van der Waals surface area contributed by atoms with Crippen LogP contribution in [0.3, 0.4) is 0 Å². The Bertz CT molecular complexity index is 1880. The van der Waals surface area contributed by atoms with Gasteiger partial charge in [0.15, 0.2) is 0 Å². The largest absolute Gasteiger partial charge is 0.465 e. The van der Waals surface area contributed by atoms with E-state index in [4.69, 9.17) is 9.72 Å². The number of rotatable bonds is 9. The van der Waals surface area contributed by atoms with Crippen LogP contribution in [0.15, 0.2) is 61.2 Å². The van der Waals surface area contributed by atoms with Gasteiger partial charge in [-0.3, -0.25) is 4.79 Å². The minimum Gasteiger partial charge on any atom is -0.465 e. The van der Waals surface area contributed by atoms with E-state index in [1.807, 2.05) is 32.0 Å². The highest BCUT2D eigenvalue weighted by Gasteiger charge is 2.28. The number of aromatic nitrogens is 3. The van der Waals surface area contributed by atoms with Crippen molar-refractivity contribution in [3.05, 3.63) is 83.0 Å². The SMILES string of the molecule is C=CCCNC(=O)Cn1c(-c2ccc3nc(-c4sc(C)nc4C)ccc3c2)c(C2CCCCC2)c2ccc(C(=O)OC)cc21. The summed E-state index contributed by atoms with van der Waals surface area (Å²) in [5.41, 5.74) is 7.50. The van der Waals surface area contributed by atoms with Gasteiger partial charge < -0.3 is 14.6 Å². The van der Waals surface area contributed by atoms with E-state index in [0.29, 0.717) is 24.4 Å². The zero-order valence-electron chi connectivity index (χ0n) is 25.6. The summed E-state index contributed by atoms with van der Waals surface area (Å²) in [4.78, 5) is 36.6. The highest BCUT2D eigenvalue weighted by molar-refractivity contribution is 7.15. The number of aryl methyl sites for hydroxylation is 2. The number of benzene rings is 2. The van der Waals surface area contributed by atoms with E-state index in [1.165, 1.54) is 31.9 Å². The van der Waals surface area contributed by atoms with Crippen LogP contribution in [0.2, 0.25) is 0 Å². The number of hydrogen-bond donors (Lipinski definition) is 1. The normalized spacial score (nSPS) is 13.8. The second kappa shape index (κ2) is 12.7. The molecule has 0 atom stereocenters. The Balaban J connectivity index is 1.54. The molecule has 0 bridgehead atoms. The van der Waals surface area contributed by atoms with E-state index < -0.39 is 5.97 Å². The van der Waals surface area contributed by atoms with Crippen LogP contribution in [0, 0.1) is 13.8 Å². The maximum Gasteiger partial charge on any atom is 0.337 e. The van der Waals surface area contributed by atoms with Crippen LogP contribution in [-0.2, 0) is 16.1 Å². The number of carbonyl (C=O) groups excluding carboxylic acids is 2. The van der Waals surface area contributed by atoms with E-state index in [0.717, 1.165) is 67.2 Å². The molecule has 226 valence electrons. The molecule has 1 fully saturated rings. The van der Waals surface area contributed by atoms with Crippen molar-refractivity contribution >= 4 is 45.0 Å². The van der Waals surface area contributed by atoms with Gasteiger partial charge in [-0.15, -0.1) is 17.9 Å². The van der Waals surface area contributed by atoms with Crippen molar-refractivity contribution in [3.63, 3.8) is 0 Å². The van der Waals surface area contributed by atoms with Crippen LogP contribution in [-0.4, -0.2) is 40.1 Å². The summed E-state index contributed by atoms with van der Waals surface area (Å²) in [6, 6.07) is 16.3. The van der Waals surface area contributed by atoms with Crippen molar-refractivity contribution in [3.8, 4) is 21.8 Å². The molecule has 3 heterocycles. The molecule has 1 aliphatic rings. The number of nitrogens with one attached hydrogen (secondary N) is 1. The van der Waals surface area contributed by atoms with Gasteiger partial charge in [0.1, 0.15) is 6.54 Å². The first-order valence-corrected chi connectivity index (χ1v) is 16.2. The van der Waals surface area contributed by atoms with E-state index in [9.17, 15) is 9.59 Å². The number of pyridine rings is 1. The number of ether oxygens (including phenoxy) is 1. The van der Waals surface area contributed by atoms with Crippen molar-refractivity contribution in [1.82, 2.24) is 19.9 Å². The first-order chi connectivity index (χ1) is 21.4. The Morgan fingerprint density at radius 1 is 1.07 bits per heavy atom. The highest BCUT2D eigenvalue weighted by Crippen LogP contribution is 2.45. The predicted octanol–water partition coefficient (Wildman–Crippen LogP) is 8.12. The molecular weight excluding hydrogens is 568 g/mol. The highest BCUT2D eigenvalue weighted by atomic mass is 32.1. The Morgan fingerprint density at radius 3 is 2.61 bits per heavy atom. The zero-order chi connectivity index (χ0) is 30.8. The van der Waals surface area contributed by atoms with Crippen molar-refractivity contribution in [2.45, 2.75) is 64.8 Å². The van der Waals surface area contributed by atoms with Gasteiger partial charge in [-0.1, -0.05) is 43.5 Å². The van der Waals surface area contributed by atoms with Crippen LogP contribution in [0.5, 0.6) is 0 Å². The fourth-order valence-corrected chi connectivity index (χ4v) is 7.47. The third-order valence-corrected chi connectivity index (χ3v) is 9.70. The van der Waals surface area contributed by atoms with Crippen molar-refractivity contribution < 1.29 is 14.3 Å². The number of hydrogen-bond acceptors (Lipinski definition) is 6. The molecule has 0 unspecified atom stereocenters. The Labute approximate surface area is 262 Å². The fraction of sp³-hybridized carbons (Fsp3) is 0.333. The Morgan fingerprint density at radius 2 is 1.89 bits per heavy atom. The van der Waals surface area contributed by atoms with Crippen LogP contribution in [0.4, 0.5) is 0 Å². The average molecular weight is 607 g/mol. The van der Waals surface area contributed by atoms with Gasteiger partial charge in [0.2, 0.25) is 5.91 Å². The quantitative estimate of drug-likeness (QED) is 0.104. The summed E-state index contributed by atoms with van der Waals surface area (Å²) in [6.45, 7) is 8.48. The van der Waals surface area contributed by atoms with Gasteiger partial charge in [-0.2, -0.15) is 0 Å². The molecule has 1 aliphatic carbocycles. The predicted molar refractivity (Wildman–Crippen MR) is 178 cm³/mol. The summed E-state index contributed by atoms with van der Waals surface area (Å²) < 4.78 is 7.16. The number of carbonyl (C=O) groups is 2. The standard InChI is InChI=1S/C36H38N4O3S/c1-5-6-18-37-32(41)21-40-31-20-27(36(42)43-4)12-15-28(31)33(24-10-8-7-9-11-24)34(40)26-14-16-29-25(19-26)13-17-30(39-29)35-22(2)38-23(3)44-35/h5,12-17,19-20,24H,1,6-11,18,21H2,2-4H3,(H,37,41). The van der Waals surface area contributed by atoms with E-state index in [-0.39, 0.29) is 12.5 Å². The molecular formula is C36H38N4O3S. The van der Waals surface area contributed by atoms with E-state index >= 15 is 0 Å². The van der Waals surface area contributed by atoms with Crippen LogP contribution in [0.1, 0.15) is 71.1 Å². The molecule has 1 N–H and O–H groups in total. The molecule has 1 amide bonds. The van der Waals surface area contributed by atoms with E-state index in [2.05, 4.69) is 51.8 Å². The number of thiazole rings is 1. The monoisotopic (exact) mass is 606 g/mol. The molecule has 2 aromatic carbocycles. The van der Waals surface area contributed by atoms with Crippen molar-refractivity contribution in [2.75, 3.05) is 13.7 Å². The minimum absolute atomic E-state index is 0.0778. The fourth-order valence-electron chi connectivity index (χ4n) is 6.58. The summed E-state index contributed by atoms with van der Waals surface area (Å²) in [6.07, 6.45) is 8.30. The van der Waals surface area contributed by atoms with Gasteiger partial charge >= 0.3 is 5.97 Å². The van der Waals surface area contributed by atoms with E-state index in [1.54, 1.807) is 17.4 Å². The molecule has 0 spiro atoms. The van der Waals surface area contributed by atoms with Crippen LogP contribution < -0.4 is 5.32 Å². The maximum atomic E-state index is 13.3. The molecule has 3 aromatic heterocycles. The molecule has 0 saturated heterocycles. The lowest BCUT2D eigenvalue weighted by atomic mass is 9.81. The third kappa shape index (κ3) is 5.78.